The summed E-state index contributed by atoms with van der Waals surface area (Å²) < 4.78 is 18.2. The quantitative estimate of drug-likeness (QED) is 0.191. The van der Waals surface area contributed by atoms with Crippen molar-refractivity contribution in [2.75, 3.05) is 0 Å². The van der Waals surface area contributed by atoms with Gasteiger partial charge in [0.05, 0.1) is 6.93 Å². The average molecular weight is 452 g/mol. The van der Waals surface area contributed by atoms with E-state index in [9.17, 15) is 1.37 Å². The van der Waals surface area contributed by atoms with Gasteiger partial charge in [-0.3, -0.25) is 0 Å². The van der Waals surface area contributed by atoms with Crippen LogP contribution in [0.1, 0.15) is 6.93 Å². The molecule has 0 aliphatic heterocycles. The van der Waals surface area contributed by atoms with Gasteiger partial charge in [-0.25, -0.2) is 4.57 Å². The monoisotopic (exact) mass is 451 g/mol. The third kappa shape index (κ3) is 2.93. The molecule has 0 fully saturated rings. The highest BCUT2D eigenvalue weighted by Crippen LogP contribution is 2.43. The van der Waals surface area contributed by atoms with Crippen LogP contribution >= 0.6 is 0 Å². The Morgan fingerprint density at radius 3 is 2.20 bits per heavy atom. The van der Waals surface area contributed by atoms with E-state index in [2.05, 4.69) is 97.5 Å². The minimum Gasteiger partial charge on any atom is -0.454 e. The molecule has 0 aliphatic carbocycles. The summed E-state index contributed by atoms with van der Waals surface area (Å²) in [6, 6.07) is 34.0. The van der Waals surface area contributed by atoms with E-state index in [1.54, 1.807) is 0 Å². The minimum atomic E-state index is 0.531. The number of nitrogens with zero attached hydrogens (tertiary/aromatic N) is 1. The zero-order chi connectivity index (χ0) is 24.4. The second kappa shape index (κ2) is 7.54. The molecule has 0 saturated carbocycles. The van der Waals surface area contributed by atoms with Crippen molar-refractivity contribution < 1.29 is 10.4 Å². The van der Waals surface area contributed by atoms with E-state index < -0.39 is 0 Å². The lowest BCUT2D eigenvalue weighted by molar-refractivity contribution is -0.660. The number of pyridine rings is 1. The highest BCUT2D eigenvalue weighted by atomic mass is 16.3. The lowest BCUT2D eigenvalue weighted by atomic mass is 9.92. The van der Waals surface area contributed by atoms with Crippen LogP contribution in [0.5, 0.6) is 0 Å². The predicted molar refractivity (Wildman–Crippen MR) is 146 cm³/mol. The van der Waals surface area contributed by atoms with E-state index in [1.807, 2.05) is 24.3 Å². The van der Waals surface area contributed by atoms with Crippen LogP contribution in [0.3, 0.4) is 0 Å². The highest BCUT2D eigenvalue weighted by molar-refractivity contribution is 6.18. The van der Waals surface area contributed by atoms with Crippen molar-refractivity contribution in [2.24, 2.45) is 7.05 Å². The first kappa shape index (κ1) is 18.9. The molecule has 0 radical (unpaired) electrons. The fourth-order valence-corrected chi connectivity index (χ4v) is 5.44. The van der Waals surface area contributed by atoms with Gasteiger partial charge in [-0.05, 0) is 51.7 Å². The molecule has 0 amide bonds. The molecule has 7 rings (SSSR count). The molecule has 2 heterocycles. The van der Waals surface area contributed by atoms with Gasteiger partial charge in [0.15, 0.2) is 6.20 Å². The van der Waals surface area contributed by atoms with E-state index in [1.165, 1.54) is 5.56 Å². The van der Waals surface area contributed by atoms with Crippen molar-refractivity contribution in [3.05, 3.63) is 115 Å². The first-order chi connectivity index (χ1) is 17.6. The Morgan fingerprint density at radius 1 is 0.629 bits per heavy atom. The minimum absolute atomic E-state index is 0.531. The number of rotatable bonds is 2. The second-order valence-corrected chi connectivity index (χ2v) is 9.21. The van der Waals surface area contributed by atoms with Gasteiger partial charge in [0.25, 0.3) is 0 Å². The lowest BCUT2D eigenvalue weighted by Gasteiger charge is -2.11. The Labute approximate surface area is 205 Å². The van der Waals surface area contributed by atoms with Gasteiger partial charge in [-0.15, -0.1) is 0 Å². The van der Waals surface area contributed by atoms with Crippen molar-refractivity contribution in [1.82, 2.24) is 0 Å². The lowest BCUT2D eigenvalue weighted by Crippen LogP contribution is -2.30. The molecule has 0 unspecified atom stereocenters. The Bertz CT molecular complexity index is 1980. The topological polar surface area (TPSA) is 17.0 Å². The number of hydrogen-bond donors (Lipinski definition) is 0. The fraction of sp³-hybridized carbons (Fsp3) is 0.0606. The number of hydrogen-bond acceptors (Lipinski definition) is 1. The smallest absolute Gasteiger partial charge is 0.216 e. The number of aryl methyl sites for hydroxylation is 2. The molecule has 166 valence electrons. The summed E-state index contributed by atoms with van der Waals surface area (Å²) in [7, 11) is 2.06. The molecule has 2 nitrogen and oxygen atoms in total. The fourth-order valence-electron chi connectivity index (χ4n) is 5.44. The number of aromatic nitrogens is 1. The number of furan rings is 1. The van der Waals surface area contributed by atoms with E-state index in [0.29, 0.717) is 6.04 Å². The maximum atomic E-state index is 9.26. The second-order valence-electron chi connectivity index (χ2n) is 9.21. The normalized spacial score (nSPS) is 12.1. The summed E-state index contributed by atoms with van der Waals surface area (Å²) in [4.78, 5) is 0. The van der Waals surface area contributed by atoms with Crippen molar-refractivity contribution in [3.63, 3.8) is 0 Å². The van der Waals surface area contributed by atoms with Gasteiger partial charge in [0.2, 0.25) is 5.69 Å². The maximum absolute atomic E-state index is 9.26. The van der Waals surface area contributed by atoms with Crippen molar-refractivity contribution in [3.8, 4) is 22.4 Å². The van der Waals surface area contributed by atoms with Crippen molar-refractivity contribution in [2.45, 2.75) is 6.92 Å². The number of para-hydroxylation sites is 1. The summed E-state index contributed by atoms with van der Waals surface area (Å²) in [5.41, 5.74) is 6.96. The zero-order valence-electron chi connectivity index (χ0n) is 20.7. The molecule has 0 aliphatic rings. The standard InChI is InChI=1S/C33H24NO/c1-21-17-18-28-26-14-9-15-27(32(26)35-33(28)31(21)30-16-7-8-19-34(30)2)29-20-22-10-3-4-11-23(22)24-12-5-6-13-25(24)29/h3-20H,1-2H3/q+1/i20D. The third-order valence-electron chi connectivity index (χ3n) is 7.13. The summed E-state index contributed by atoms with van der Waals surface area (Å²) in [6.45, 7) is 2.13. The van der Waals surface area contributed by atoms with Gasteiger partial charge < -0.3 is 4.42 Å². The Morgan fingerprint density at radius 2 is 1.34 bits per heavy atom. The summed E-state index contributed by atoms with van der Waals surface area (Å²) in [5.74, 6) is 0. The van der Waals surface area contributed by atoms with Gasteiger partial charge in [-0.2, -0.15) is 0 Å². The van der Waals surface area contributed by atoms with Crippen molar-refractivity contribution >= 4 is 43.5 Å². The molecule has 7 aromatic rings. The molecular weight excluding hydrogens is 426 g/mol. The molecule has 2 aromatic heterocycles. The van der Waals surface area contributed by atoms with Crippen LogP contribution in [0.2, 0.25) is 0 Å². The van der Waals surface area contributed by atoms with Crippen molar-refractivity contribution in [1.29, 1.82) is 0 Å². The molecule has 0 saturated heterocycles. The molecule has 0 bridgehead atoms. The van der Waals surface area contributed by atoms with Crippen LogP contribution < -0.4 is 4.57 Å². The molecule has 0 spiro atoms. The summed E-state index contributed by atoms with van der Waals surface area (Å²) in [5, 5.41) is 6.44. The van der Waals surface area contributed by atoms with Crippen LogP contribution in [0.15, 0.2) is 114 Å². The Balaban J connectivity index is 1.63. The third-order valence-corrected chi connectivity index (χ3v) is 7.13. The van der Waals surface area contributed by atoms with Crippen LogP contribution in [-0.2, 0) is 7.05 Å². The SMILES string of the molecule is [2H]c1c(-c2cccc3c2oc2c(-c4cccc[n+]4C)c(C)ccc23)c2ccccc2c2ccccc12. The molecule has 2 heteroatoms. The van der Waals surface area contributed by atoms with E-state index in [0.717, 1.165) is 65.9 Å². The first-order valence-electron chi connectivity index (χ1n) is 12.4. The van der Waals surface area contributed by atoms with E-state index in [4.69, 9.17) is 4.42 Å². The summed E-state index contributed by atoms with van der Waals surface area (Å²) >= 11 is 0. The average Bonchev–Trinajstić information content (AvgIpc) is 3.29. The molecule has 0 atom stereocenters. The van der Waals surface area contributed by atoms with Crippen LogP contribution in [0.4, 0.5) is 0 Å². The molecule has 5 aromatic carbocycles. The van der Waals surface area contributed by atoms with Crippen LogP contribution in [0, 0.1) is 6.92 Å². The van der Waals surface area contributed by atoms with E-state index in [-0.39, 0.29) is 0 Å². The van der Waals surface area contributed by atoms with E-state index >= 15 is 0 Å². The number of fused-ring (bicyclic) bond motifs is 6. The van der Waals surface area contributed by atoms with Gasteiger partial charge >= 0.3 is 0 Å². The van der Waals surface area contributed by atoms with Gasteiger partial charge in [-0.1, -0.05) is 78.9 Å². The first-order valence-corrected chi connectivity index (χ1v) is 11.9. The summed E-state index contributed by atoms with van der Waals surface area (Å²) in [6.07, 6.45) is 2.06. The largest absolute Gasteiger partial charge is 0.454 e. The Kier molecular flexibility index (Phi) is 4.08. The highest BCUT2D eigenvalue weighted by Gasteiger charge is 2.22. The number of benzene rings is 5. The molecule has 35 heavy (non-hydrogen) atoms. The predicted octanol–water partition coefficient (Wildman–Crippen LogP) is 8.36. The zero-order valence-corrected chi connectivity index (χ0v) is 19.7. The Hall–Kier alpha value is -4.43. The van der Waals surface area contributed by atoms with Gasteiger partial charge in [0.1, 0.15) is 18.2 Å². The molecular formula is C33H24NO+. The van der Waals surface area contributed by atoms with Gasteiger partial charge in [0, 0.05) is 28.5 Å². The van der Waals surface area contributed by atoms with Crippen LogP contribution in [-0.4, -0.2) is 0 Å². The van der Waals surface area contributed by atoms with Crippen LogP contribution in [0.25, 0.3) is 65.9 Å². The maximum Gasteiger partial charge on any atom is 0.216 e. The molecule has 0 N–H and O–H groups in total.